The minimum Gasteiger partial charge on any atom is -0.395 e. The first-order chi connectivity index (χ1) is 8.84. The molecule has 0 spiro atoms. The number of aliphatic hydroxyl groups is 1. The molecular weight excluding hydrogens is 336 g/mol. The van der Waals surface area contributed by atoms with Crippen LogP contribution in [0, 0.1) is 0 Å². The molecule has 1 heterocycles. The van der Waals surface area contributed by atoms with Crippen molar-refractivity contribution in [3.63, 3.8) is 0 Å². The van der Waals surface area contributed by atoms with Crippen LogP contribution in [0.1, 0.15) is 13.8 Å². The zero-order valence-electron chi connectivity index (χ0n) is 10.7. The third-order valence-electron chi connectivity index (χ3n) is 2.44. The number of nitrogens with two attached hydrogens (primary N) is 1. The monoisotopic (exact) mass is 352 g/mol. The maximum atomic E-state index is 12.6. The van der Waals surface area contributed by atoms with Gasteiger partial charge in [0.05, 0.1) is 6.61 Å². The first-order valence-electron chi connectivity index (χ1n) is 5.59. The number of nitrogen functional groups attached to an aromatic ring is 1. The number of pyridine rings is 1. The Kier molecular flexibility index (Phi) is 5.68. The number of nitrogens with one attached hydrogen (secondary N) is 1. The zero-order chi connectivity index (χ0) is 14.6. The lowest BCUT2D eigenvalue weighted by Crippen LogP contribution is -2.39. The van der Waals surface area contributed by atoms with Gasteiger partial charge >= 0.3 is 0 Å². The number of halogens is 1. The van der Waals surface area contributed by atoms with E-state index in [2.05, 4.69) is 26.3 Å². The largest absolute Gasteiger partial charge is 0.395 e. The molecule has 1 aromatic rings. The van der Waals surface area contributed by atoms with E-state index in [0.29, 0.717) is 4.47 Å². The van der Waals surface area contributed by atoms with Gasteiger partial charge in [-0.15, -0.1) is 0 Å². The number of rotatable bonds is 6. The minimum absolute atomic E-state index is 0.0104. The van der Waals surface area contributed by atoms with Gasteiger partial charge in [-0.25, -0.2) is 19.2 Å². The summed E-state index contributed by atoms with van der Waals surface area (Å²) in [4.78, 5) is 3.88. The minimum atomic E-state index is -3.79. The molecule has 4 N–H and O–H groups in total. The predicted molar refractivity (Wildman–Crippen MR) is 75.9 cm³/mol. The molecule has 1 rings (SSSR count). The van der Waals surface area contributed by atoms with Gasteiger partial charge in [0.1, 0.15) is 4.90 Å². The van der Waals surface area contributed by atoms with Crippen LogP contribution < -0.4 is 11.3 Å². The lowest BCUT2D eigenvalue weighted by Gasteiger charge is -2.25. The van der Waals surface area contributed by atoms with Crippen molar-refractivity contribution in [3.05, 3.63) is 16.7 Å². The highest BCUT2D eigenvalue weighted by molar-refractivity contribution is 9.10. The molecule has 0 aromatic carbocycles. The molecule has 0 radical (unpaired) electrons. The Morgan fingerprint density at radius 3 is 2.68 bits per heavy atom. The average Bonchev–Trinajstić information content (AvgIpc) is 2.35. The summed E-state index contributed by atoms with van der Waals surface area (Å²) >= 11 is 3.18. The lowest BCUT2D eigenvalue weighted by molar-refractivity contribution is 0.236. The Labute approximate surface area is 121 Å². The lowest BCUT2D eigenvalue weighted by atomic mass is 10.4. The Morgan fingerprint density at radius 1 is 1.58 bits per heavy atom. The fraction of sp³-hybridized carbons (Fsp3) is 0.500. The van der Waals surface area contributed by atoms with Crippen LogP contribution in [0.5, 0.6) is 0 Å². The Morgan fingerprint density at radius 2 is 2.21 bits per heavy atom. The summed E-state index contributed by atoms with van der Waals surface area (Å²) in [5.74, 6) is 5.35. The number of anilines is 1. The molecule has 108 valence electrons. The molecule has 0 saturated heterocycles. The molecule has 0 bridgehead atoms. The number of aliphatic hydroxyl groups excluding tert-OH is 1. The summed E-state index contributed by atoms with van der Waals surface area (Å²) in [6, 6.07) is 1.13. The quantitative estimate of drug-likeness (QED) is 0.508. The molecule has 19 heavy (non-hydrogen) atoms. The van der Waals surface area contributed by atoms with Gasteiger partial charge in [0.2, 0.25) is 10.0 Å². The molecule has 7 nitrogen and oxygen atoms in total. The SMILES string of the molecule is CC(C)N(CCO)S(=O)(=O)c1cc(Br)cnc1NN. The van der Waals surface area contributed by atoms with Crippen LogP contribution in [0.2, 0.25) is 0 Å². The number of sulfonamides is 1. The molecule has 9 heteroatoms. The van der Waals surface area contributed by atoms with E-state index in [1.165, 1.54) is 16.6 Å². The molecule has 0 atom stereocenters. The van der Waals surface area contributed by atoms with Crippen molar-refractivity contribution >= 4 is 31.8 Å². The summed E-state index contributed by atoms with van der Waals surface area (Å²) in [5.41, 5.74) is 2.26. The molecule has 1 aromatic heterocycles. The summed E-state index contributed by atoms with van der Waals surface area (Å²) in [7, 11) is -3.79. The molecule has 0 aliphatic rings. The highest BCUT2D eigenvalue weighted by Crippen LogP contribution is 2.26. The first kappa shape index (κ1) is 16.3. The number of hydrazine groups is 1. The van der Waals surface area contributed by atoms with E-state index < -0.39 is 10.0 Å². The Hall–Kier alpha value is -0.740. The second kappa shape index (κ2) is 6.62. The third-order valence-corrected chi connectivity index (χ3v) is 4.96. The fourth-order valence-corrected chi connectivity index (χ4v) is 3.85. The van der Waals surface area contributed by atoms with Crippen molar-refractivity contribution in [3.8, 4) is 0 Å². The van der Waals surface area contributed by atoms with E-state index in [1.54, 1.807) is 13.8 Å². The maximum Gasteiger partial charge on any atom is 0.247 e. The van der Waals surface area contributed by atoms with Crippen LogP contribution in [-0.2, 0) is 10.0 Å². The van der Waals surface area contributed by atoms with Crippen molar-refractivity contribution in [1.29, 1.82) is 0 Å². The second-order valence-corrected chi connectivity index (χ2v) is 6.85. The van der Waals surface area contributed by atoms with E-state index in [-0.39, 0.29) is 29.9 Å². The van der Waals surface area contributed by atoms with Crippen LogP contribution in [-0.4, -0.2) is 42.0 Å². The van der Waals surface area contributed by atoms with Gasteiger partial charge in [-0.1, -0.05) is 0 Å². The summed E-state index contributed by atoms with van der Waals surface area (Å²) in [6.07, 6.45) is 1.44. The average molecular weight is 353 g/mol. The second-order valence-electron chi connectivity index (χ2n) is 4.08. The standard InChI is InChI=1S/C10H17BrN4O3S/c1-7(2)15(3-4-16)19(17,18)9-5-8(11)6-13-10(9)14-12/h5-7,16H,3-4,12H2,1-2H3,(H,13,14). The Balaban J connectivity index is 3.36. The Bertz CT molecular complexity index is 536. The first-order valence-corrected chi connectivity index (χ1v) is 7.82. The number of hydrogen-bond donors (Lipinski definition) is 3. The highest BCUT2D eigenvalue weighted by Gasteiger charge is 2.29. The molecule has 0 fully saturated rings. The zero-order valence-corrected chi connectivity index (χ0v) is 13.1. The van der Waals surface area contributed by atoms with Crippen molar-refractivity contribution in [2.24, 2.45) is 5.84 Å². The van der Waals surface area contributed by atoms with E-state index in [0.717, 1.165) is 0 Å². The van der Waals surface area contributed by atoms with Gasteiger partial charge in [0, 0.05) is 23.3 Å². The van der Waals surface area contributed by atoms with Crippen molar-refractivity contribution in [2.45, 2.75) is 24.8 Å². The van der Waals surface area contributed by atoms with E-state index in [9.17, 15) is 8.42 Å². The van der Waals surface area contributed by atoms with Gasteiger partial charge in [-0.05, 0) is 35.8 Å². The van der Waals surface area contributed by atoms with Crippen molar-refractivity contribution < 1.29 is 13.5 Å². The number of aromatic nitrogens is 1. The van der Waals surface area contributed by atoms with E-state index in [4.69, 9.17) is 10.9 Å². The third kappa shape index (κ3) is 3.63. The summed E-state index contributed by atoms with van der Waals surface area (Å²) < 4.78 is 26.8. The molecule has 0 aliphatic carbocycles. The molecular formula is C10H17BrN4O3S. The normalized spacial score (nSPS) is 12.2. The summed E-state index contributed by atoms with van der Waals surface area (Å²) in [6.45, 7) is 3.21. The number of hydrogen-bond acceptors (Lipinski definition) is 6. The van der Waals surface area contributed by atoms with Crippen LogP contribution in [0.25, 0.3) is 0 Å². The van der Waals surface area contributed by atoms with Crippen molar-refractivity contribution in [1.82, 2.24) is 9.29 Å². The summed E-state index contributed by atoms with van der Waals surface area (Å²) in [5, 5.41) is 9.01. The van der Waals surface area contributed by atoms with E-state index >= 15 is 0 Å². The predicted octanol–water partition coefficient (Wildman–Crippen LogP) is 0.521. The van der Waals surface area contributed by atoms with Crippen LogP contribution in [0.3, 0.4) is 0 Å². The van der Waals surface area contributed by atoms with Crippen LogP contribution in [0.4, 0.5) is 5.82 Å². The molecule has 0 aliphatic heterocycles. The van der Waals surface area contributed by atoms with Gasteiger partial charge < -0.3 is 10.5 Å². The smallest absolute Gasteiger partial charge is 0.247 e. The van der Waals surface area contributed by atoms with Crippen LogP contribution in [0.15, 0.2) is 21.6 Å². The van der Waals surface area contributed by atoms with Gasteiger partial charge in [-0.2, -0.15) is 4.31 Å². The molecule has 0 saturated carbocycles. The van der Waals surface area contributed by atoms with E-state index in [1.807, 2.05) is 0 Å². The topological polar surface area (TPSA) is 109 Å². The van der Waals surface area contributed by atoms with Crippen molar-refractivity contribution in [2.75, 3.05) is 18.6 Å². The maximum absolute atomic E-state index is 12.6. The molecule has 0 amide bonds. The fourth-order valence-electron chi connectivity index (χ4n) is 1.61. The molecule has 0 unspecified atom stereocenters. The highest BCUT2D eigenvalue weighted by atomic mass is 79.9. The number of nitrogens with zero attached hydrogens (tertiary/aromatic N) is 2. The van der Waals surface area contributed by atoms with Gasteiger partial charge in [-0.3, -0.25) is 0 Å². The van der Waals surface area contributed by atoms with Gasteiger partial charge in [0.25, 0.3) is 0 Å². The van der Waals surface area contributed by atoms with Gasteiger partial charge in [0.15, 0.2) is 5.82 Å². The van der Waals surface area contributed by atoms with Crippen LogP contribution >= 0.6 is 15.9 Å².